The molecule has 4 rings (SSSR count). The number of ether oxygens (including phenoxy) is 1. The zero-order valence-corrected chi connectivity index (χ0v) is 17.8. The molecule has 7 nitrogen and oxygen atoms in total. The SMILES string of the molecule is CCCS(=O)(=O)N1CCc2ccc(NC(=O)c3cc4cccc(OC)c4o3)cc2C1. The highest BCUT2D eigenvalue weighted by Crippen LogP contribution is 2.29. The molecule has 158 valence electrons. The highest BCUT2D eigenvalue weighted by Gasteiger charge is 2.26. The molecule has 1 amide bonds. The number of benzene rings is 2. The van der Waals surface area contributed by atoms with Gasteiger partial charge >= 0.3 is 0 Å². The molecule has 30 heavy (non-hydrogen) atoms. The molecule has 1 N–H and O–H groups in total. The number of hydrogen-bond donors (Lipinski definition) is 1. The Labute approximate surface area is 175 Å². The quantitative estimate of drug-likeness (QED) is 0.645. The molecule has 0 unspecified atom stereocenters. The van der Waals surface area contributed by atoms with Crippen molar-refractivity contribution in [1.82, 2.24) is 4.31 Å². The molecule has 0 bridgehead atoms. The third-order valence-corrected chi connectivity index (χ3v) is 7.27. The van der Waals surface area contributed by atoms with Crippen molar-refractivity contribution in [3.63, 3.8) is 0 Å². The maximum Gasteiger partial charge on any atom is 0.291 e. The Morgan fingerprint density at radius 1 is 1.20 bits per heavy atom. The number of methoxy groups -OCH3 is 1. The zero-order chi connectivity index (χ0) is 21.3. The fourth-order valence-corrected chi connectivity index (χ4v) is 5.21. The van der Waals surface area contributed by atoms with Crippen molar-refractivity contribution < 1.29 is 22.4 Å². The van der Waals surface area contributed by atoms with Gasteiger partial charge in [0, 0.05) is 24.2 Å². The fraction of sp³-hybridized carbons (Fsp3) is 0.318. The van der Waals surface area contributed by atoms with Crippen molar-refractivity contribution >= 4 is 32.6 Å². The average Bonchev–Trinajstić information content (AvgIpc) is 3.18. The van der Waals surface area contributed by atoms with Gasteiger partial charge in [-0.1, -0.05) is 25.1 Å². The number of hydrogen-bond acceptors (Lipinski definition) is 5. The van der Waals surface area contributed by atoms with Gasteiger partial charge in [-0.15, -0.1) is 0 Å². The molecule has 0 atom stereocenters. The van der Waals surface area contributed by atoms with E-state index in [0.29, 0.717) is 43.0 Å². The summed E-state index contributed by atoms with van der Waals surface area (Å²) in [5.74, 6) is 0.515. The van der Waals surface area contributed by atoms with E-state index in [1.54, 1.807) is 19.2 Å². The van der Waals surface area contributed by atoms with Crippen LogP contribution in [0.1, 0.15) is 35.0 Å². The predicted octanol–water partition coefficient (Wildman–Crippen LogP) is 3.79. The molecular weight excluding hydrogens is 404 g/mol. The number of nitrogens with zero attached hydrogens (tertiary/aromatic N) is 1. The van der Waals surface area contributed by atoms with Crippen LogP contribution in [-0.4, -0.2) is 38.0 Å². The maximum absolute atomic E-state index is 12.7. The van der Waals surface area contributed by atoms with Crippen LogP contribution >= 0.6 is 0 Å². The first kappa shape index (κ1) is 20.4. The number of carbonyl (C=O) groups excluding carboxylic acids is 1. The Morgan fingerprint density at radius 3 is 2.80 bits per heavy atom. The minimum Gasteiger partial charge on any atom is -0.493 e. The monoisotopic (exact) mass is 428 g/mol. The van der Waals surface area contributed by atoms with Crippen LogP contribution in [0.15, 0.2) is 46.9 Å². The van der Waals surface area contributed by atoms with Gasteiger partial charge in [-0.25, -0.2) is 8.42 Å². The van der Waals surface area contributed by atoms with Crippen molar-refractivity contribution in [3.05, 3.63) is 59.4 Å². The van der Waals surface area contributed by atoms with E-state index in [9.17, 15) is 13.2 Å². The van der Waals surface area contributed by atoms with Crippen LogP contribution in [0, 0.1) is 0 Å². The second-order valence-electron chi connectivity index (χ2n) is 7.33. The smallest absolute Gasteiger partial charge is 0.291 e. The molecule has 1 aliphatic heterocycles. The summed E-state index contributed by atoms with van der Waals surface area (Å²) in [6.45, 7) is 2.67. The predicted molar refractivity (Wildman–Crippen MR) is 115 cm³/mol. The largest absolute Gasteiger partial charge is 0.493 e. The molecule has 0 saturated carbocycles. The van der Waals surface area contributed by atoms with E-state index in [2.05, 4.69) is 5.32 Å². The number of furan rings is 1. The van der Waals surface area contributed by atoms with Gasteiger partial charge < -0.3 is 14.5 Å². The van der Waals surface area contributed by atoms with E-state index in [1.165, 1.54) is 4.31 Å². The summed E-state index contributed by atoms with van der Waals surface area (Å²) in [5, 5.41) is 3.62. The number of amides is 1. The number of rotatable bonds is 6. The van der Waals surface area contributed by atoms with Crippen LogP contribution in [0.5, 0.6) is 5.75 Å². The van der Waals surface area contributed by atoms with Crippen LogP contribution in [0.2, 0.25) is 0 Å². The molecular formula is C22H24N2O5S. The van der Waals surface area contributed by atoms with E-state index in [4.69, 9.17) is 9.15 Å². The summed E-state index contributed by atoms with van der Waals surface area (Å²) in [4.78, 5) is 12.7. The van der Waals surface area contributed by atoms with E-state index < -0.39 is 10.0 Å². The normalized spacial score (nSPS) is 14.5. The molecule has 2 heterocycles. The van der Waals surface area contributed by atoms with Crippen LogP contribution in [0.25, 0.3) is 11.0 Å². The average molecular weight is 429 g/mol. The van der Waals surface area contributed by atoms with Crippen molar-refractivity contribution in [3.8, 4) is 5.75 Å². The first-order valence-corrected chi connectivity index (χ1v) is 11.5. The standard InChI is InChI=1S/C22H24N2O5S/c1-3-11-30(26,27)24-10-9-15-7-8-18(12-17(15)14-24)23-22(25)20-13-16-5-4-6-19(28-2)21(16)29-20/h4-8,12-13H,3,9-11,14H2,1-2H3,(H,23,25). The van der Waals surface area contributed by atoms with E-state index in [0.717, 1.165) is 16.5 Å². The molecule has 0 saturated heterocycles. The number of fused-ring (bicyclic) bond motifs is 2. The van der Waals surface area contributed by atoms with Gasteiger partial charge in [0.1, 0.15) is 0 Å². The molecule has 0 aliphatic carbocycles. The van der Waals surface area contributed by atoms with Gasteiger partial charge in [0.05, 0.1) is 12.9 Å². The van der Waals surface area contributed by atoms with Crippen molar-refractivity contribution in [2.75, 3.05) is 24.7 Å². The number of carbonyl (C=O) groups is 1. The van der Waals surface area contributed by atoms with E-state index in [1.807, 2.05) is 37.3 Å². The second-order valence-corrected chi connectivity index (χ2v) is 9.41. The van der Waals surface area contributed by atoms with Gasteiger partial charge in [0.25, 0.3) is 5.91 Å². The topological polar surface area (TPSA) is 88.9 Å². The molecule has 3 aromatic rings. The summed E-state index contributed by atoms with van der Waals surface area (Å²) in [6.07, 6.45) is 1.25. The Kier molecular flexibility index (Phi) is 5.53. The Balaban J connectivity index is 1.54. The molecule has 8 heteroatoms. The highest BCUT2D eigenvalue weighted by molar-refractivity contribution is 7.89. The minimum absolute atomic E-state index is 0.147. The molecule has 0 radical (unpaired) electrons. The third-order valence-electron chi connectivity index (χ3n) is 5.25. The van der Waals surface area contributed by atoms with Crippen LogP contribution in [0.4, 0.5) is 5.69 Å². The number of sulfonamides is 1. The molecule has 1 aromatic heterocycles. The first-order chi connectivity index (χ1) is 14.4. The molecule has 0 fully saturated rings. The third kappa shape index (κ3) is 3.93. The van der Waals surface area contributed by atoms with Gasteiger partial charge in [-0.05, 0) is 48.2 Å². The Bertz CT molecular complexity index is 1200. The van der Waals surface area contributed by atoms with Gasteiger partial charge in [0.2, 0.25) is 10.0 Å². The van der Waals surface area contributed by atoms with Crippen LogP contribution in [-0.2, 0) is 23.0 Å². The lowest BCUT2D eigenvalue weighted by Gasteiger charge is -2.28. The Hall–Kier alpha value is -2.84. The second kappa shape index (κ2) is 8.12. The summed E-state index contributed by atoms with van der Waals surface area (Å²) >= 11 is 0. The fourth-order valence-electron chi connectivity index (χ4n) is 3.74. The minimum atomic E-state index is -3.26. The first-order valence-electron chi connectivity index (χ1n) is 9.89. The number of nitrogens with one attached hydrogen (secondary N) is 1. The van der Waals surface area contributed by atoms with Crippen molar-refractivity contribution in [2.24, 2.45) is 0 Å². The van der Waals surface area contributed by atoms with Crippen LogP contribution < -0.4 is 10.1 Å². The van der Waals surface area contributed by atoms with Gasteiger partial charge in [-0.2, -0.15) is 4.31 Å². The summed E-state index contributed by atoms with van der Waals surface area (Å²) in [7, 11) is -1.71. The Morgan fingerprint density at radius 2 is 2.03 bits per heavy atom. The lowest BCUT2D eigenvalue weighted by Crippen LogP contribution is -2.37. The van der Waals surface area contributed by atoms with Crippen LogP contribution in [0.3, 0.4) is 0 Å². The molecule has 1 aliphatic rings. The summed E-state index contributed by atoms with van der Waals surface area (Å²) < 4.78 is 37.3. The zero-order valence-electron chi connectivity index (χ0n) is 17.0. The van der Waals surface area contributed by atoms with Crippen molar-refractivity contribution in [2.45, 2.75) is 26.3 Å². The van der Waals surface area contributed by atoms with E-state index >= 15 is 0 Å². The highest BCUT2D eigenvalue weighted by atomic mass is 32.2. The molecule has 2 aromatic carbocycles. The number of para-hydroxylation sites is 1. The van der Waals surface area contributed by atoms with E-state index in [-0.39, 0.29) is 17.4 Å². The van der Waals surface area contributed by atoms with Crippen molar-refractivity contribution in [1.29, 1.82) is 0 Å². The summed E-state index contributed by atoms with van der Waals surface area (Å²) in [5.41, 5.74) is 3.13. The lowest BCUT2D eigenvalue weighted by molar-refractivity contribution is 0.0998. The number of anilines is 1. The maximum atomic E-state index is 12.7. The molecule has 0 spiro atoms. The van der Waals surface area contributed by atoms with Gasteiger partial charge in [-0.3, -0.25) is 4.79 Å². The summed E-state index contributed by atoms with van der Waals surface area (Å²) in [6, 6.07) is 12.7. The lowest BCUT2D eigenvalue weighted by atomic mass is 10.0. The van der Waals surface area contributed by atoms with Gasteiger partial charge in [0.15, 0.2) is 17.1 Å².